The van der Waals surface area contributed by atoms with Crippen molar-refractivity contribution in [3.05, 3.63) is 22.9 Å². The minimum absolute atomic E-state index is 0.0254. The number of halogens is 1. The number of nitrogens with zero attached hydrogens (tertiary/aromatic N) is 1. The molecule has 1 aromatic heterocycles. The molecule has 7 heteroatoms. The molecule has 0 aliphatic carbocycles. The van der Waals surface area contributed by atoms with E-state index < -0.39 is 6.04 Å². The number of carbonyl (C=O) groups excluding carboxylic acids is 2. The number of carbonyl (C=O) groups is 2. The Morgan fingerprint density at radius 1 is 1.47 bits per heavy atom. The Morgan fingerprint density at radius 2 is 2.16 bits per heavy atom. The Morgan fingerprint density at radius 3 is 2.74 bits per heavy atom. The standard InChI is InChI=1S/C12H17BrN4O2/c1-7(2)11(14)12(19)16-6-10(18)17-9-3-4-15-5-8(9)13/h3-5,7,11H,6,14H2,1-2H3,(H,16,19)(H,15,17,18)/t11-/m0/s1. The van der Waals surface area contributed by atoms with Crippen LogP contribution in [0.5, 0.6) is 0 Å². The van der Waals surface area contributed by atoms with Crippen LogP contribution in [0, 0.1) is 5.92 Å². The first-order valence-corrected chi connectivity index (χ1v) is 6.63. The summed E-state index contributed by atoms with van der Waals surface area (Å²) in [4.78, 5) is 27.1. The van der Waals surface area contributed by atoms with Crippen molar-refractivity contribution in [2.45, 2.75) is 19.9 Å². The van der Waals surface area contributed by atoms with Gasteiger partial charge in [0.15, 0.2) is 0 Å². The molecule has 0 saturated heterocycles. The van der Waals surface area contributed by atoms with Crippen LogP contribution < -0.4 is 16.4 Å². The van der Waals surface area contributed by atoms with Gasteiger partial charge in [0.2, 0.25) is 11.8 Å². The van der Waals surface area contributed by atoms with Crippen LogP contribution in [-0.2, 0) is 9.59 Å². The summed E-state index contributed by atoms with van der Waals surface area (Å²) < 4.78 is 0.675. The largest absolute Gasteiger partial charge is 0.346 e. The Labute approximate surface area is 120 Å². The molecule has 0 fully saturated rings. The molecule has 0 aliphatic heterocycles. The van der Waals surface area contributed by atoms with E-state index in [4.69, 9.17) is 5.73 Å². The summed E-state index contributed by atoms with van der Waals surface area (Å²) in [5.74, 6) is -0.632. The molecule has 0 spiro atoms. The number of nitrogens with two attached hydrogens (primary N) is 1. The number of pyridine rings is 1. The molecule has 1 heterocycles. The first-order chi connectivity index (χ1) is 8.91. The van der Waals surface area contributed by atoms with Gasteiger partial charge >= 0.3 is 0 Å². The zero-order valence-electron chi connectivity index (χ0n) is 10.8. The van der Waals surface area contributed by atoms with Crippen molar-refractivity contribution in [2.75, 3.05) is 11.9 Å². The van der Waals surface area contributed by atoms with Gasteiger partial charge in [0.05, 0.1) is 22.7 Å². The molecule has 1 atom stereocenters. The third kappa shape index (κ3) is 4.96. The highest BCUT2D eigenvalue weighted by Crippen LogP contribution is 2.19. The molecule has 1 aromatic rings. The van der Waals surface area contributed by atoms with E-state index in [1.807, 2.05) is 13.8 Å². The molecule has 0 aliphatic rings. The number of hydrogen-bond donors (Lipinski definition) is 3. The normalized spacial score (nSPS) is 12.1. The second-order valence-corrected chi connectivity index (χ2v) is 5.25. The Kier molecular flexibility index (Phi) is 5.91. The van der Waals surface area contributed by atoms with Crippen molar-refractivity contribution < 1.29 is 9.59 Å². The SMILES string of the molecule is CC(C)[C@H](N)C(=O)NCC(=O)Nc1ccncc1Br. The van der Waals surface area contributed by atoms with Crippen LogP contribution in [0.2, 0.25) is 0 Å². The van der Waals surface area contributed by atoms with Crippen LogP contribution in [0.25, 0.3) is 0 Å². The van der Waals surface area contributed by atoms with E-state index in [0.717, 1.165) is 0 Å². The van der Waals surface area contributed by atoms with Crippen LogP contribution in [0.4, 0.5) is 5.69 Å². The first-order valence-electron chi connectivity index (χ1n) is 5.84. The van der Waals surface area contributed by atoms with E-state index in [-0.39, 0.29) is 24.3 Å². The van der Waals surface area contributed by atoms with Gasteiger partial charge in [0, 0.05) is 12.4 Å². The zero-order chi connectivity index (χ0) is 14.4. The van der Waals surface area contributed by atoms with Gasteiger partial charge in [0.1, 0.15) is 0 Å². The summed E-state index contributed by atoms with van der Waals surface area (Å²) in [6.07, 6.45) is 3.14. The van der Waals surface area contributed by atoms with Crippen molar-refractivity contribution in [1.82, 2.24) is 10.3 Å². The minimum atomic E-state index is -0.611. The number of hydrogen-bond acceptors (Lipinski definition) is 4. The highest BCUT2D eigenvalue weighted by Gasteiger charge is 2.17. The zero-order valence-corrected chi connectivity index (χ0v) is 12.4. The van der Waals surface area contributed by atoms with Gasteiger partial charge in [-0.3, -0.25) is 14.6 Å². The fourth-order valence-corrected chi connectivity index (χ4v) is 1.61. The van der Waals surface area contributed by atoms with Crippen LogP contribution in [0.3, 0.4) is 0 Å². The highest BCUT2D eigenvalue weighted by molar-refractivity contribution is 9.10. The summed E-state index contributed by atoms with van der Waals surface area (Å²) in [5, 5.41) is 5.15. The summed E-state index contributed by atoms with van der Waals surface area (Å²) in [5.41, 5.74) is 6.26. The van der Waals surface area contributed by atoms with Gasteiger partial charge in [-0.25, -0.2) is 0 Å². The van der Waals surface area contributed by atoms with Gasteiger partial charge in [0.25, 0.3) is 0 Å². The summed E-state index contributed by atoms with van der Waals surface area (Å²) >= 11 is 3.26. The lowest BCUT2D eigenvalue weighted by atomic mass is 10.1. The van der Waals surface area contributed by atoms with Gasteiger partial charge in [-0.15, -0.1) is 0 Å². The summed E-state index contributed by atoms with van der Waals surface area (Å²) in [6, 6.07) is 1.05. The maximum absolute atomic E-state index is 11.7. The smallest absolute Gasteiger partial charge is 0.243 e. The van der Waals surface area contributed by atoms with Crippen LogP contribution in [-0.4, -0.2) is 29.4 Å². The first kappa shape index (κ1) is 15.6. The predicted molar refractivity (Wildman–Crippen MR) is 76.4 cm³/mol. The Balaban J connectivity index is 2.45. The molecule has 0 unspecified atom stereocenters. The van der Waals surface area contributed by atoms with E-state index in [1.165, 1.54) is 0 Å². The molecule has 1 rings (SSSR count). The molecule has 0 saturated carbocycles. The second-order valence-electron chi connectivity index (χ2n) is 4.39. The monoisotopic (exact) mass is 328 g/mol. The number of amides is 2. The third-order valence-corrected chi connectivity index (χ3v) is 3.12. The lowest BCUT2D eigenvalue weighted by molar-refractivity contribution is -0.125. The lowest BCUT2D eigenvalue weighted by Gasteiger charge is -2.15. The fraction of sp³-hybridized carbons (Fsp3) is 0.417. The van der Waals surface area contributed by atoms with Crippen LogP contribution >= 0.6 is 15.9 Å². The van der Waals surface area contributed by atoms with Crippen molar-refractivity contribution in [2.24, 2.45) is 11.7 Å². The fourth-order valence-electron chi connectivity index (χ4n) is 1.26. The van der Waals surface area contributed by atoms with E-state index in [0.29, 0.717) is 10.2 Å². The predicted octanol–water partition coefficient (Wildman–Crippen LogP) is 0.882. The molecule has 6 nitrogen and oxygen atoms in total. The molecular weight excluding hydrogens is 312 g/mol. The Bertz CT molecular complexity index is 465. The number of nitrogens with one attached hydrogen (secondary N) is 2. The molecular formula is C12H17BrN4O2. The van der Waals surface area contributed by atoms with E-state index in [2.05, 4.69) is 31.5 Å². The molecule has 0 aromatic carbocycles. The molecule has 0 radical (unpaired) electrons. The van der Waals surface area contributed by atoms with Crippen LogP contribution in [0.15, 0.2) is 22.9 Å². The van der Waals surface area contributed by atoms with Crippen molar-refractivity contribution in [1.29, 1.82) is 0 Å². The number of rotatable bonds is 5. The van der Waals surface area contributed by atoms with Gasteiger partial charge < -0.3 is 16.4 Å². The minimum Gasteiger partial charge on any atom is -0.346 e. The summed E-state index contributed by atoms with van der Waals surface area (Å²) in [6.45, 7) is 3.57. The number of anilines is 1. The average molecular weight is 329 g/mol. The van der Waals surface area contributed by atoms with Crippen LogP contribution in [0.1, 0.15) is 13.8 Å². The third-order valence-electron chi connectivity index (χ3n) is 2.49. The quantitative estimate of drug-likeness (QED) is 0.747. The van der Waals surface area contributed by atoms with Crippen molar-refractivity contribution in [3.8, 4) is 0 Å². The maximum Gasteiger partial charge on any atom is 0.243 e. The molecule has 19 heavy (non-hydrogen) atoms. The molecule has 4 N–H and O–H groups in total. The molecule has 104 valence electrons. The second kappa shape index (κ2) is 7.20. The van der Waals surface area contributed by atoms with Gasteiger partial charge in [-0.1, -0.05) is 13.8 Å². The van der Waals surface area contributed by atoms with Crippen molar-refractivity contribution in [3.63, 3.8) is 0 Å². The van der Waals surface area contributed by atoms with Gasteiger partial charge in [-0.05, 0) is 27.9 Å². The lowest BCUT2D eigenvalue weighted by Crippen LogP contribution is -2.46. The molecule has 0 bridgehead atoms. The van der Waals surface area contributed by atoms with Gasteiger partial charge in [-0.2, -0.15) is 0 Å². The van der Waals surface area contributed by atoms with Crippen molar-refractivity contribution >= 4 is 33.4 Å². The molecule has 2 amide bonds. The topological polar surface area (TPSA) is 97.1 Å². The van der Waals surface area contributed by atoms with E-state index in [9.17, 15) is 9.59 Å². The van der Waals surface area contributed by atoms with E-state index >= 15 is 0 Å². The highest BCUT2D eigenvalue weighted by atomic mass is 79.9. The summed E-state index contributed by atoms with van der Waals surface area (Å²) in [7, 11) is 0. The maximum atomic E-state index is 11.7. The van der Waals surface area contributed by atoms with E-state index in [1.54, 1.807) is 18.5 Å². The average Bonchev–Trinajstić information content (AvgIpc) is 2.37. The Hall–Kier alpha value is -1.47. The number of aromatic nitrogens is 1.